The molecule has 1 amide bonds. The van der Waals surface area contributed by atoms with Crippen molar-refractivity contribution in [3.8, 4) is 0 Å². The highest BCUT2D eigenvalue weighted by Crippen LogP contribution is 2.25. The number of nitrogens with one attached hydrogen (secondary N) is 1. The van der Waals surface area contributed by atoms with Crippen LogP contribution in [0.25, 0.3) is 0 Å². The number of benzene rings is 2. The Morgan fingerprint density at radius 2 is 2.00 bits per heavy atom. The Morgan fingerprint density at radius 3 is 2.68 bits per heavy atom. The molecular formula is C23H27ClFN3O3. The highest BCUT2D eigenvalue weighted by molar-refractivity contribution is 6.31. The molecule has 0 bridgehead atoms. The number of carbonyl (C=O) groups is 2. The fourth-order valence-electron chi connectivity index (χ4n) is 4.00. The summed E-state index contributed by atoms with van der Waals surface area (Å²) in [6, 6.07) is 13.1. The maximum Gasteiger partial charge on any atom is 0.332 e. The van der Waals surface area contributed by atoms with Crippen molar-refractivity contribution in [3.63, 3.8) is 0 Å². The number of nitrogens with two attached hydrogens (primary N) is 1. The van der Waals surface area contributed by atoms with Crippen LogP contribution in [0.2, 0.25) is 5.02 Å². The largest absolute Gasteiger partial charge is 0.467 e. The van der Waals surface area contributed by atoms with Gasteiger partial charge < -0.3 is 15.8 Å². The maximum atomic E-state index is 14.1. The number of esters is 1. The third-order valence-corrected chi connectivity index (χ3v) is 5.94. The summed E-state index contributed by atoms with van der Waals surface area (Å²) in [6.45, 7) is 1.74. The van der Waals surface area contributed by atoms with Gasteiger partial charge in [0.25, 0.3) is 0 Å². The standard InChI is InChI=1S/C23H27ClFN3O3/c1-31-22(30)23(11-6-12-28(15-23)14-16-7-3-2-4-8-16)27-21(29)20(26)13-17-18(24)9-5-10-19(17)25/h2-5,7-10,20H,6,11-15,26H2,1H3,(H,27,29). The Kier molecular flexibility index (Phi) is 7.64. The summed E-state index contributed by atoms with van der Waals surface area (Å²) in [6.07, 6.45) is 1.06. The van der Waals surface area contributed by atoms with Crippen LogP contribution in [0.5, 0.6) is 0 Å². The van der Waals surface area contributed by atoms with E-state index in [1.165, 1.54) is 19.2 Å². The molecule has 1 saturated heterocycles. The lowest BCUT2D eigenvalue weighted by Gasteiger charge is -2.41. The van der Waals surface area contributed by atoms with Gasteiger partial charge in [0.1, 0.15) is 5.82 Å². The number of likely N-dealkylation sites (tertiary alicyclic amines) is 1. The number of rotatable bonds is 7. The van der Waals surface area contributed by atoms with E-state index in [0.29, 0.717) is 25.9 Å². The normalized spacial score (nSPS) is 20.1. The number of piperidine rings is 1. The number of ether oxygens (including phenoxy) is 1. The van der Waals surface area contributed by atoms with Crippen LogP contribution in [0.3, 0.4) is 0 Å². The first-order valence-electron chi connectivity index (χ1n) is 10.2. The molecule has 1 aliphatic rings. The van der Waals surface area contributed by atoms with Gasteiger partial charge in [0, 0.05) is 30.1 Å². The predicted molar refractivity (Wildman–Crippen MR) is 117 cm³/mol. The van der Waals surface area contributed by atoms with Gasteiger partial charge in [-0.15, -0.1) is 0 Å². The maximum absolute atomic E-state index is 14.1. The summed E-state index contributed by atoms with van der Waals surface area (Å²) >= 11 is 6.06. The number of methoxy groups -OCH3 is 1. The van der Waals surface area contributed by atoms with Gasteiger partial charge in [0.05, 0.1) is 13.2 Å². The molecule has 2 atom stereocenters. The molecule has 3 N–H and O–H groups in total. The van der Waals surface area contributed by atoms with E-state index in [9.17, 15) is 14.0 Å². The molecule has 0 saturated carbocycles. The zero-order valence-corrected chi connectivity index (χ0v) is 18.2. The Bertz CT molecular complexity index is 907. The average molecular weight is 448 g/mol. The number of amides is 1. The quantitative estimate of drug-likeness (QED) is 0.637. The molecule has 166 valence electrons. The first kappa shape index (κ1) is 23.2. The van der Waals surface area contributed by atoms with Crippen LogP contribution in [0, 0.1) is 5.82 Å². The Balaban J connectivity index is 1.74. The molecule has 1 fully saturated rings. The van der Waals surface area contributed by atoms with E-state index in [1.807, 2.05) is 30.3 Å². The summed E-state index contributed by atoms with van der Waals surface area (Å²) in [5, 5.41) is 3.02. The van der Waals surface area contributed by atoms with Crippen molar-refractivity contribution in [2.45, 2.75) is 37.4 Å². The van der Waals surface area contributed by atoms with Gasteiger partial charge in [0.15, 0.2) is 5.54 Å². The smallest absolute Gasteiger partial charge is 0.332 e. The lowest BCUT2D eigenvalue weighted by Crippen LogP contribution is -2.65. The summed E-state index contributed by atoms with van der Waals surface area (Å²) in [5.74, 6) is -1.59. The minimum absolute atomic E-state index is 0.0810. The molecule has 0 spiro atoms. The van der Waals surface area contributed by atoms with E-state index in [-0.39, 0.29) is 17.0 Å². The zero-order valence-electron chi connectivity index (χ0n) is 17.4. The van der Waals surface area contributed by atoms with Crippen molar-refractivity contribution in [3.05, 3.63) is 70.5 Å². The Morgan fingerprint density at radius 1 is 1.26 bits per heavy atom. The highest BCUT2D eigenvalue weighted by atomic mass is 35.5. The van der Waals surface area contributed by atoms with Crippen molar-refractivity contribution in [2.75, 3.05) is 20.2 Å². The van der Waals surface area contributed by atoms with Crippen LogP contribution in [-0.4, -0.2) is 48.6 Å². The number of hydrogen-bond acceptors (Lipinski definition) is 5. The van der Waals surface area contributed by atoms with Crippen molar-refractivity contribution < 1.29 is 18.7 Å². The predicted octanol–water partition coefficient (Wildman–Crippen LogP) is 2.67. The van der Waals surface area contributed by atoms with Gasteiger partial charge in [-0.25, -0.2) is 9.18 Å². The van der Waals surface area contributed by atoms with Gasteiger partial charge in [-0.05, 0) is 37.1 Å². The molecule has 31 heavy (non-hydrogen) atoms. The number of halogens is 2. The van der Waals surface area contributed by atoms with Gasteiger partial charge >= 0.3 is 5.97 Å². The molecule has 0 aliphatic carbocycles. The first-order chi connectivity index (χ1) is 14.8. The van der Waals surface area contributed by atoms with Crippen LogP contribution in [-0.2, 0) is 27.3 Å². The first-order valence-corrected chi connectivity index (χ1v) is 10.6. The Hall–Kier alpha value is -2.48. The number of nitrogens with zero attached hydrogens (tertiary/aromatic N) is 1. The summed E-state index contributed by atoms with van der Waals surface area (Å²) in [7, 11) is 1.30. The van der Waals surface area contributed by atoms with Crippen molar-refractivity contribution in [1.82, 2.24) is 10.2 Å². The molecule has 2 aromatic carbocycles. The SMILES string of the molecule is COC(=O)C1(NC(=O)C(N)Cc2c(F)cccc2Cl)CCCN(Cc2ccccc2)C1. The molecule has 6 nitrogen and oxygen atoms in total. The molecule has 1 heterocycles. The number of hydrogen-bond donors (Lipinski definition) is 2. The zero-order chi connectivity index (χ0) is 22.4. The lowest BCUT2D eigenvalue weighted by molar-refractivity contribution is -0.154. The van der Waals surface area contributed by atoms with E-state index < -0.39 is 29.3 Å². The van der Waals surface area contributed by atoms with Gasteiger partial charge in [-0.1, -0.05) is 48.0 Å². The van der Waals surface area contributed by atoms with E-state index in [4.69, 9.17) is 22.1 Å². The molecule has 0 radical (unpaired) electrons. The average Bonchev–Trinajstić information content (AvgIpc) is 2.76. The molecule has 1 aliphatic heterocycles. The van der Waals surface area contributed by atoms with Gasteiger partial charge in [0.2, 0.25) is 5.91 Å². The third-order valence-electron chi connectivity index (χ3n) is 5.58. The minimum atomic E-state index is -1.21. The van der Waals surface area contributed by atoms with Crippen LogP contribution in [0.1, 0.15) is 24.0 Å². The summed E-state index contributed by atoms with van der Waals surface area (Å²) in [5.41, 5.74) is 6.13. The molecule has 2 unspecified atom stereocenters. The van der Waals surface area contributed by atoms with Crippen LogP contribution in [0.4, 0.5) is 4.39 Å². The van der Waals surface area contributed by atoms with Crippen LogP contribution >= 0.6 is 11.6 Å². The second-order valence-corrected chi connectivity index (χ2v) is 8.28. The summed E-state index contributed by atoms with van der Waals surface area (Å²) in [4.78, 5) is 27.7. The molecule has 2 aromatic rings. The van der Waals surface area contributed by atoms with E-state index >= 15 is 0 Å². The molecule has 0 aromatic heterocycles. The second-order valence-electron chi connectivity index (χ2n) is 7.87. The molecule has 8 heteroatoms. The Labute approximate surface area is 186 Å². The van der Waals surface area contributed by atoms with Crippen molar-refractivity contribution in [1.29, 1.82) is 0 Å². The molecule has 3 rings (SSSR count). The third kappa shape index (κ3) is 5.61. The van der Waals surface area contributed by atoms with Crippen molar-refractivity contribution >= 4 is 23.5 Å². The highest BCUT2D eigenvalue weighted by Gasteiger charge is 2.45. The van der Waals surface area contributed by atoms with Gasteiger partial charge in [-0.2, -0.15) is 0 Å². The van der Waals surface area contributed by atoms with Gasteiger partial charge in [-0.3, -0.25) is 9.69 Å². The fourth-order valence-corrected chi connectivity index (χ4v) is 4.24. The van der Waals surface area contributed by atoms with E-state index in [2.05, 4.69) is 10.2 Å². The second kappa shape index (κ2) is 10.2. The van der Waals surface area contributed by atoms with E-state index in [1.54, 1.807) is 6.07 Å². The lowest BCUT2D eigenvalue weighted by atomic mass is 9.88. The topological polar surface area (TPSA) is 84.7 Å². The minimum Gasteiger partial charge on any atom is -0.467 e. The molecular weight excluding hydrogens is 421 g/mol. The fraction of sp³-hybridized carbons (Fsp3) is 0.391. The van der Waals surface area contributed by atoms with E-state index in [0.717, 1.165) is 12.1 Å². The van der Waals surface area contributed by atoms with Crippen molar-refractivity contribution in [2.24, 2.45) is 5.73 Å². The van der Waals surface area contributed by atoms with Crippen LogP contribution < -0.4 is 11.1 Å². The monoisotopic (exact) mass is 447 g/mol. The van der Waals surface area contributed by atoms with Crippen LogP contribution in [0.15, 0.2) is 48.5 Å². The number of carbonyl (C=O) groups excluding carboxylic acids is 2. The summed E-state index contributed by atoms with van der Waals surface area (Å²) < 4.78 is 19.1.